The predicted molar refractivity (Wildman–Crippen MR) is 101 cm³/mol. The van der Waals surface area contributed by atoms with Gasteiger partial charge in [0.2, 0.25) is 0 Å². The molecule has 0 radical (unpaired) electrons. The molecule has 3 saturated heterocycles. The summed E-state index contributed by atoms with van der Waals surface area (Å²) >= 11 is 3.28. The van der Waals surface area contributed by atoms with Crippen LogP contribution in [0.3, 0.4) is 0 Å². The average Bonchev–Trinajstić information content (AvgIpc) is 3.27. The third-order valence-electron chi connectivity index (χ3n) is 5.15. The first kappa shape index (κ1) is 17.0. The van der Waals surface area contributed by atoms with E-state index in [-0.39, 0.29) is 12.2 Å². The smallest absolute Gasteiger partial charge is 0.408 e. The van der Waals surface area contributed by atoms with Crippen molar-refractivity contribution in [2.75, 3.05) is 19.6 Å². The lowest BCUT2D eigenvalue weighted by molar-refractivity contribution is -0.0350. The number of rotatable bonds is 4. The second-order valence-corrected chi connectivity index (χ2v) is 9.15. The predicted octanol–water partition coefficient (Wildman–Crippen LogP) is 3.93. The second-order valence-electron chi connectivity index (χ2n) is 7.35. The lowest BCUT2D eigenvalue weighted by Gasteiger charge is -2.44. The lowest BCUT2D eigenvalue weighted by atomic mass is 9.86. The topological polar surface area (TPSA) is 54.5 Å². The monoisotopic (exact) mass is 377 g/mol. The molecule has 0 saturated carbocycles. The molecule has 0 aromatic carbocycles. The van der Waals surface area contributed by atoms with Gasteiger partial charge in [0.15, 0.2) is 0 Å². The van der Waals surface area contributed by atoms with Gasteiger partial charge < -0.3 is 10.1 Å². The molecule has 0 aliphatic carbocycles. The van der Waals surface area contributed by atoms with Gasteiger partial charge in [-0.3, -0.25) is 4.90 Å². The van der Waals surface area contributed by atoms with Crippen LogP contribution in [-0.2, 0) is 10.3 Å². The number of ether oxygens (including phenoxy) is 1. The van der Waals surface area contributed by atoms with Gasteiger partial charge in [-0.05, 0) is 57.1 Å². The Morgan fingerprint density at radius 2 is 2.16 bits per heavy atom. The van der Waals surface area contributed by atoms with Crippen LogP contribution >= 0.6 is 22.7 Å². The van der Waals surface area contributed by atoms with Gasteiger partial charge in [0.25, 0.3) is 0 Å². The van der Waals surface area contributed by atoms with Gasteiger partial charge in [-0.15, -0.1) is 22.7 Å². The van der Waals surface area contributed by atoms with Crippen molar-refractivity contribution in [2.24, 2.45) is 5.92 Å². The number of nitrogens with one attached hydrogen (secondary N) is 1. The maximum absolute atomic E-state index is 12.4. The minimum atomic E-state index is -0.558. The number of thiophene rings is 1. The van der Waals surface area contributed by atoms with Crippen molar-refractivity contribution in [3.8, 4) is 9.88 Å². The molecule has 5 nitrogen and oxygen atoms in total. The number of amides is 1. The largest absolute Gasteiger partial charge is 0.445 e. The highest BCUT2D eigenvalue weighted by atomic mass is 32.1. The van der Waals surface area contributed by atoms with Crippen molar-refractivity contribution < 1.29 is 9.53 Å². The summed E-state index contributed by atoms with van der Waals surface area (Å²) in [7, 11) is 0. The van der Waals surface area contributed by atoms with Gasteiger partial charge in [-0.1, -0.05) is 6.07 Å². The van der Waals surface area contributed by atoms with Crippen LogP contribution in [0.1, 0.15) is 32.4 Å². The van der Waals surface area contributed by atoms with Gasteiger partial charge in [0, 0.05) is 11.9 Å². The fraction of sp³-hybridized carbons (Fsp3) is 0.556. The van der Waals surface area contributed by atoms with E-state index in [9.17, 15) is 4.79 Å². The Balaban J connectivity index is 1.40. The van der Waals surface area contributed by atoms with Crippen LogP contribution in [0.15, 0.2) is 22.9 Å². The number of alkyl carbamates (subject to hydrolysis) is 1. The summed E-state index contributed by atoms with van der Waals surface area (Å²) in [6.45, 7) is 7.09. The first-order valence-electron chi connectivity index (χ1n) is 8.72. The number of carbonyl (C=O) groups is 1. The van der Waals surface area contributed by atoms with Gasteiger partial charge >= 0.3 is 6.09 Å². The molecule has 5 rings (SSSR count). The van der Waals surface area contributed by atoms with Crippen molar-refractivity contribution in [1.29, 1.82) is 0 Å². The lowest BCUT2D eigenvalue weighted by Crippen LogP contribution is -2.53. The summed E-state index contributed by atoms with van der Waals surface area (Å²) in [4.78, 5) is 20.7. The molecule has 134 valence electrons. The van der Waals surface area contributed by atoms with E-state index in [1.807, 2.05) is 30.7 Å². The minimum Gasteiger partial charge on any atom is -0.445 e. The van der Waals surface area contributed by atoms with Crippen molar-refractivity contribution in [1.82, 2.24) is 15.2 Å². The maximum Gasteiger partial charge on any atom is 0.408 e. The van der Waals surface area contributed by atoms with E-state index in [2.05, 4.69) is 16.3 Å². The average molecular weight is 378 g/mol. The van der Waals surface area contributed by atoms with Gasteiger partial charge in [0.05, 0.1) is 16.1 Å². The number of piperidine rings is 3. The van der Waals surface area contributed by atoms with Crippen LogP contribution in [0.2, 0.25) is 0 Å². The Bertz CT molecular complexity index is 733. The molecule has 1 amide bonds. The highest BCUT2D eigenvalue weighted by Crippen LogP contribution is 2.32. The summed E-state index contributed by atoms with van der Waals surface area (Å²) < 4.78 is 5.75. The highest BCUT2D eigenvalue weighted by molar-refractivity contribution is 7.20. The van der Waals surface area contributed by atoms with Crippen LogP contribution in [0, 0.1) is 5.92 Å². The first-order valence-corrected chi connectivity index (χ1v) is 10.5. The number of thiazole rings is 1. The highest BCUT2D eigenvalue weighted by Gasteiger charge is 2.37. The fourth-order valence-electron chi connectivity index (χ4n) is 3.60. The number of fused-ring (bicyclic) bond motifs is 3. The Morgan fingerprint density at radius 1 is 1.36 bits per heavy atom. The molecule has 1 atom stereocenters. The Morgan fingerprint density at radius 3 is 2.80 bits per heavy atom. The molecule has 0 spiro atoms. The van der Waals surface area contributed by atoms with Crippen LogP contribution in [-0.4, -0.2) is 41.7 Å². The molecule has 3 fully saturated rings. The van der Waals surface area contributed by atoms with E-state index >= 15 is 0 Å². The summed E-state index contributed by atoms with van der Waals surface area (Å²) in [5, 5.41) is 8.06. The van der Waals surface area contributed by atoms with E-state index < -0.39 is 5.54 Å². The molecule has 1 N–H and O–H groups in total. The SMILES string of the molecule is CC(C)(NC(=O)O[C@@H]1CN2CCC1CC2)c1csc(-c2cccs2)n1. The van der Waals surface area contributed by atoms with Crippen molar-refractivity contribution in [2.45, 2.75) is 38.3 Å². The Kier molecular flexibility index (Phi) is 4.56. The van der Waals surface area contributed by atoms with Gasteiger partial charge in [-0.25, -0.2) is 9.78 Å². The number of nitrogens with zero attached hydrogens (tertiary/aromatic N) is 2. The summed E-state index contributed by atoms with van der Waals surface area (Å²) in [6, 6.07) is 4.09. The van der Waals surface area contributed by atoms with E-state index in [1.165, 1.54) is 0 Å². The van der Waals surface area contributed by atoms with Crippen molar-refractivity contribution >= 4 is 28.8 Å². The maximum atomic E-state index is 12.4. The molecule has 5 heterocycles. The van der Waals surface area contributed by atoms with Crippen LogP contribution < -0.4 is 5.32 Å². The number of aromatic nitrogens is 1. The summed E-state index contributed by atoms with van der Waals surface area (Å²) in [6.07, 6.45) is 1.96. The number of hydrogen-bond donors (Lipinski definition) is 1. The zero-order chi connectivity index (χ0) is 17.4. The molecule has 0 unspecified atom stereocenters. The zero-order valence-electron chi connectivity index (χ0n) is 14.5. The number of hydrogen-bond acceptors (Lipinski definition) is 6. The molecule has 3 aliphatic heterocycles. The molecule has 2 bridgehead atoms. The molecule has 25 heavy (non-hydrogen) atoms. The van der Waals surface area contributed by atoms with Crippen molar-refractivity contribution in [3.05, 3.63) is 28.6 Å². The Labute approximate surface area is 156 Å². The second kappa shape index (κ2) is 6.70. The third-order valence-corrected chi connectivity index (χ3v) is 7.03. The van der Waals surface area contributed by atoms with E-state index in [0.29, 0.717) is 5.92 Å². The van der Waals surface area contributed by atoms with Gasteiger partial charge in [0.1, 0.15) is 11.1 Å². The molecule has 2 aromatic rings. The minimum absolute atomic E-state index is 0.0235. The van der Waals surface area contributed by atoms with Crippen LogP contribution in [0.25, 0.3) is 9.88 Å². The summed E-state index contributed by atoms with van der Waals surface area (Å²) in [5.41, 5.74) is 0.309. The quantitative estimate of drug-likeness (QED) is 0.877. The molecule has 3 aliphatic rings. The van der Waals surface area contributed by atoms with Gasteiger partial charge in [-0.2, -0.15) is 0 Å². The Hall–Kier alpha value is -1.44. The normalized spacial score (nSPS) is 25.8. The van der Waals surface area contributed by atoms with Crippen LogP contribution in [0.4, 0.5) is 4.79 Å². The molecule has 7 heteroatoms. The molecular formula is C18H23N3O2S2. The standard InChI is InChI=1S/C18H23N3O2S2/c1-18(2,15-11-25-16(19-15)14-4-3-9-24-14)20-17(22)23-13-10-21-7-5-12(13)6-8-21/h3-4,9,11-13H,5-8,10H2,1-2H3,(H,20,22)/t13-/m1/s1. The van der Waals surface area contributed by atoms with E-state index in [1.54, 1.807) is 22.7 Å². The summed E-state index contributed by atoms with van der Waals surface area (Å²) in [5.74, 6) is 0.517. The zero-order valence-corrected chi connectivity index (χ0v) is 16.2. The third kappa shape index (κ3) is 3.59. The number of carbonyl (C=O) groups excluding carboxylic acids is 1. The first-order chi connectivity index (χ1) is 12.0. The van der Waals surface area contributed by atoms with Crippen molar-refractivity contribution in [3.63, 3.8) is 0 Å². The molecule has 2 aromatic heterocycles. The van der Waals surface area contributed by atoms with E-state index in [4.69, 9.17) is 9.72 Å². The molecular weight excluding hydrogens is 354 g/mol. The fourth-order valence-corrected chi connectivity index (χ4v) is 5.41. The van der Waals surface area contributed by atoms with E-state index in [0.717, 1.165) is 48.1 Å². The van der Waals surface area contributed by atoms with Crippen LogP contribution in [0.5, 0.6) is 0 Å².